The van der Waals surface area contributed by atoms with Crippen LogP contribution < -0.4 is 5.73 Å². The van der Waals surface area contributed by atoms with E-state index in [2.05, 4.69) is 47.6 Å². The van der Waals surface area contributed by atoms with E-state index >= 15 is 0 Å². The van der Waals surface area contributed by atoms with Crippen molar-refractivity contribution in [3.05, 3.63) is 11.6 Å². The number of allylic oxidation sites excluding steroid dienone is 2. The van der Waals surface area contributed by atoms with Gasteiger partial charge < -0.3 is 20.7 Å². The minimum absolute atomic E-state index is 0.0618. The lowest BCUT2D eigenvalue weighted by Crippen LogP contribution is -2.64. The highest BCUT2D eigenvalue weighted by Crippen LogP contribution is 2.75. The average molecular weight is 618 g/mol. The minimum atomic E-state index is -1.06. The van der Waals surface area contributed by atoms with Gasteiger partial charge in [0.25, 0.3) is 0 Å². The van der Waals surface area contributed by atoms with Gasteiger partial charge >= 0.3 is 17.9 Å². The Morgan fingerprint density at radius 1 is 0.953 bits per heavy atom. The van der Waals surface area contributed by atoms with E-state index in [0.29, 0.717) is 17.8 Å². The van der Waals surface area contributed by atoms with Crippen LogP contribution in [0.3, 0.4) is 0 Å². The molecule has 0 aromatic heterocycles. The van der Waals surface area contributed by atoms with Crippen molar-refractivity contribution in [2.75, 3.05) is 11.5 Å². The number of hydrogen-bond donors (Lipinski definition) is 3. The Kier molecular flexibility index (Phi) is 8.23. The Balaban J connectivity index is 1.37. The first-order chi connectivity index (χ1) is 19.8. The predicted molar refractivity (Wildman–Crippen MR) is 169 cm³/mol. The fourth-order valence-electron chi connectivity index (χ4n) is 11.3. The molecule has 5 aliphatic carbocycles. The number of esters is 1. The summed E-state index contributed by atoms with van der Waals surface area (Å²) in [6.45, 7) is 16.6. The second-order valence-corrected chi connectivity index (χ2v) is 17.9. The van der Waals surface area contributed by atoms with Gasteiger partial charge in [0.1, 0.15) is 12.1 Å². The van der Waals surface area contributed by atoms with E-state index in [1.807, 2.05) is 6.92 Å². The zero-order chi connectivity index (χ0) is 31.8. The standard InChI is InChI=1S/C35H55NO6S/c1-30(2)24-10-13-35(7)25(33(24,5)12-11-26(30)42-27(37)20-43-19-23(36)28(38)39)9-8-21-22-18-32(4,29(40)41)15-14-31(22,3)16-17-34(21,35)6/h8,22-26H,9-20,36H2,1-7H3,(H,38,39)(H,40,41)/t22-,23-,24-,25+,26?,31+,32-,33-,34+,35+/m0/s1. The molecule has 43 heavy (non-hydrogen) atoms. The third kappa shape index (κ3) is 4.99. The van der Waals surface area contributed by atoms with Crippen LogP contribution in [-0.2, 0) is 19.1 Å². The minimum Gasteiger partial charge on any atom is -0.481 e. The first-order valence-electron chi connectivity index (χ1n) is 16.5. The number of hydrogen-bond acceptors (Lipinski definition) is 6. The van der Waals surface area contributed by atoms with Crippen LogP contribution in [0.1, 0.15) is 113 Å². The van der Waals surface area contributed by atoms with Crippen LogP contribution in [0.5, 0.6) is 0 Å². The Labute approximate surface area is 262 Å². The molecule has 242 valence electrons. The van der Waals surface area contributed by atoms with Crippen molar-refractivity contribution in [1.82, 2.24) is 0 Å². The van der Waals surface area contributed by atoms with Crippen molar-refractivity contribution in [2.24, 2.45) is 56.0 Å². The van der Waals surface area contributed by atoms with Crippen molar-refractivity contribution in [3.63, 3.8) is 0 Å². The summed E-state index contributed by atoms with van der Waals surface area (Å²) in [5, 5.41) is 19.2. The van der Waals surface area contributed by atoms with Gasteiger partial charge in [-0.15, -0.1) is 11.8 Å². The van der Waals surface area contributed by atoms with Crippen LogP contribution in [0.15, 0.2) is 11.6 Å². The van der Waals surface area contributed by atoms with Crippen molar-refractivity contribution in [1.29, 1.82) is 0 Å². The zero-order valence-corrected chi connectivity index (χ0v) is 28.3. The SMILES string of the molecule is CC1(C)C(OC(=O)CSC[C@H](N)C(=O)O)CC[C@]2(C)[C@H]3CC=C4[C@@H]5C[C@@](C)(C(=O)O)CC[C@]5(C)CC[C@@]4(C)[C@]3(C)CC[C@@H]12. The van der Waals surface area contributed by atoms with Crippen LogP contribution in [0.2, 0.25) is 0 Å². The number of nitrogens with two attached hydrogens (primary N) is 1. The summed E-state index contributed by atoms with van der Waals surface area (Å²) < 4.78 is 6.11. The van der Waals surface area contributed by atoms with Crippen molar-refractivity contribution in [3.8, 4) is 0 Å². The maximum absolute atomic E-state index is 12.8. The van der Waals surface area contributed by atoms with Gasteiger partial charge in [0, 0.05) is 11.2 Å². The molecular formula is C35H55NO6S. The van der Waals surface area contributed by atoms with Gasteiger partial charge in [0.15, 0.2) is 0 Å². The fourth-order valence-corrected chi connectivity index (χ4v) is 12.0. The Bertz CT molecular complexity index is 1200. The van der Waals surface area contributed by atoms with E-state index in [0.717, 1.165) is 51.4 Å². The van der Waals surface area contributed by atoms with Crippen LogP contribution >= 0.6 is 11.8 Å². The lowest BCUT2D eigenvalue weighted by atomic mass is 9.33. The molecule has 10 atom stereocenters. The molecule has 4 fully saturated rings. The fraction of sp³-hybridized carbons (Fsp3) is 0.857. The van der Waals surface area contributed by atoms with Crippen LogP contribution in [0.4, 0.5) is 0 Å². The molecule has 0 spiro atoms. The first kappa shape index (κ1) is 32.8. The molecule has 0 bridgehead atoms. The highest BCUT2D eigenvalue weighted by Gasteiger charge is 2.68. The molecule has 4 saturated carbocycles. The largest absolute Gasteiger partial charge is 0.481 e. The summed E-state index contributed by atoms with van der Waals surface area (Å²) in [5.74, 6) is -0.404. The Hall–Kier alpha value is -1.54. The van der Waals surface area contributed by atoms with Gasteiger partial charge in [-0.3, -0.25) is 14.4 Å². The van der Waals surface area contributed by atoms with Gasteiger partial charge in [0.05, 0.1) is 11.2 Å². The average Bonchev–Trinajstić information content (AvgIpc) is 2.91. The van der Waals surface area contributed by atoms with E-state index in [9.17, 15) is 19.5 Å². The smallest absolute Gasteiger partial charge is 0.321 e. The van der Waals surface area contributed by atoms with Gasteiger partial charge in [-0.1, -0.05) is 53.2 Å². The quantitative estimate of drug-likeness (QED) is 0.207. The molecule has 7 nitrogen and oxygen atoms in total. The summed E-state index contributed by atoms with van der Waals surface area (Å²) in [6.07, 6.45) is 12.4. The number of thioether (sulfide) groups is 1. The van der Waals surface area contributed by atoms with E-state index < -0.39 is 23.4 Å². The van der Waals surface area contributed by atoms with E-state index in [4.69, 9.17) is 15.6 Å². The number of ether oxygens (including phenoxy) is 1. The summed E-state index contributed by atoms with van der Waals surface area (Å²) in [6, 6.07) is -0.981. The van der Waals surface area contributed by atoms with Gasteiger partial charge in [0.2, 0.25) is 0 Å². The molecule has 0 saturated heterocycles. The molecule has 8 heteroatoms. The molecule has 0 amide bonds. The highest BCUT2D eigenvalue weighted by molar-refractivity contribution is 8.00. The molecular weight excluding hydrogens is 562 g/mol. The summed E-state index contributed by atoms with van der Waals surface area (Å²) in [4.78, 5) is 36.2. The number of carbonyl (C=O) groups is 3. The summed E-state index contributed by atoms with van der Waals surface area (Å²) >= 11 is 1.22. The molecule has 0 aromatic carbocycles. The van der Waals surface area contributed by atoms with Crippen LogP contribution in [0.25, 0.3) is 0 Å². The molecule has 0 aliphatic heterocycles. The maximum Gasteiger partial charge on any atom is 0.321 e. The number of carboxylic acid groups (broad SMARTS) is 2. The monoisotopic (exact) mass is 617 g/mol. The Morgan fingerprint density at radius 3 is 2.28 bits per heavy atom. The van der Waals surface area contributed by atoms with Crippen LogP contribution in [-0.4, -0.2) is 51.8 Å². The Morgan fingerprint density at radius 2 is 1.63 bits per heavy atom. The number of carboxylic acids is 2. The molecule has 4 N–H and O–H groups in total. The molecule has 5 aliphatic rings. The summed E-state index contributed by atoms with van der Waals surface area (Å²) in [7, 11) is 0. The van der Waals surface area contributed by atoms with Crippen molar-refractivity contribution >= 4 is 29.7 Å². The third-order valence-electron chi connectivity index (χ3n) is 14.4. The lowest BCUT2D eigenvalue weighted by Gasteiger charge is -2.71. The summed E-state index contributed by atoms with van der Waals surface area (Å²) in [5.41, 5.74) is 6.85. The topological polar surface area (TPSA) is 127 Å². The highest BCUT2D eigenvalue weighted by atomic mass is 32.2. The van der Waals surface area contributed by atoms with Crippen LogP contribution in [0, 0.1) is 50.2 Å². The predicted octanol–water partition coefficient (Wildman–Crippen LogP) is 6.93. The van der Waals surface area contributed by atoms with E-state index in [1.54, 1.807) is 5.57 Å². The molecule has 1 unspecified atom stereocenters. The zero-order valence-electron chi connectivity index (χ0n) is 27.5. The van der Waals surface area contributed by atoms with E-state index in [-0.39, 0.29) is 50.7 Å². The second-order valence-electron chi connectivity index (χ2n) is 16.9. The normalized spacial score (nSPS) is 45.7. The lowest BCUT2D eigenvalue weighted by molar-refractivity contribution is -0.212. The van der Waals surface area contributed by atoms with E-state index in [1.165, 1.54) is 24.6 Å². The van der Waals surface area contributed by atoms with Gasteiger partial charge in [-0.05, 0) is 111 Å². The van der Waals surface area contributed by atoms with Crippen molar-refractivity contribution < 1.29 is 29.3 Å². The van der Waals surface area contributed by atoms with Crippen molar-refractivity contribution in [2.45, 2.75) is 125 Å². The molecule has 5 rings (SSSR count). The number of carbonyl (C=O) groups excluding carboxylic acids is 1. The first-order valence-corrected chi connectivity index (χ1v) is 17.7. The molecule has 0 radical (unpaired) electrons. The molecule has 0 aromatic rings. The van der Waals surface area contributed by atoms with Gasteiger partial charge in [-0.2, -0.15) is 0 Å². The number of fused-ring (bicyclic) bond motifs is 7. The second kappa shape index (κ2) is 10.8. The number of rotatable bonds is 7. The molecule has 0 heterocycles. The maximum atomic E-state index is 12.8. The third-order valence-corrected chi connectivity index (χ3v) is 15.4. The number of aliphatic carboxylic acids is 2. The van der Waals surface area contributed by atoms with Gasteiger partial charge in [-0.25, -0.2) is 0 Å².